The first-order valence-corrected chi connectivity index (χ1v) is 7.62. The van der Waals surface area contributed by atoms with Crippen molar-refractivity contribution in [1.82, 2.24) is 9.36 Å². The second kappa shape index (κ2) is 4.95. The minimum absolute atomic E-state index is 0.799. The van der Waals surface area contributed by atoms with Crippen LogP contribution in [0.3, 0.4) is 0 Å². The van der Waals surface area contributed by atoms with Crippen LogP contribution in [0.2, 0.25) is 0 Å². The molecular weight excluding hydrogens is 266 g/mol. The molecule has 2 aromatic rings. The predicted octanol–water partition coefficient (Wildman–Crippen LogP) is 2.72. The minimum Gasteiger partial charge on any atom is -0.378 e. The van der Waals surface area contributed by atoms with Gasteiger partial charge in [-0.05, 0) is 25.4 Å². The van der Waals surface area contributed by atoms with Gasteiger partial charge < -0.3 is 9.64 Å². The van der Waals surface area contributed by atoms with Gasteiger partial charge in [0, 0.05) is 28.9 Å². The van der Waals surface area contributed by atoms with E-state index in [0.29, 0.717) is 0 Å². The van der Waals surface area contributed by atoms with Gasteiger partial charge in [0.2, 0.25) is 0 Å². The number of hydrogen-bond acceptors (Lipinski definition) is 6. The first kappa shape index (κ1) is 12.1. The van der Waals surface area contributed by atoms with Gasteiger partial charge in [0.1, 0.15) is 0 Å². The highest BCUT2D eigenvalue weighted by molar-refractivity contribution is 7.14. The summed E-state index contributed by atoms with van der Waals surface area (Å²) < 4.78 is 9.75. The molecule has 0 unspecified atom stereocenters. The summed E-state index contributed by atoms with van der Waals surface area (Å²) in [6, 6.07) is 0. The Labute approximate surface area is 114 Å². The maximum Gasteiger partial charge on any atom is 0.186 e. The molecule has 0 radical (unpaired) electrons. The van der Waals surface area contributed by atoms with Gasteiger partial charge in [0.15, 0.2) is 5.13 Å². The molecule has 3 rings (SSSR count). The molecule has 1 saturated heterocycles. The van der Waals surface area contributed by atoms with E-state index >= 15 is 0 Å². The molecule has 0 spiro atoms. The van der Waals surface area contributed by atoms with Gasteiger partial charge in [-0.15, -0.1) is 11.3 Å². The Morgan fingerprint density at radius 2 is 2.06 bits per heavy atom. The second-order valence-corrected chi connectivity index (χ2v) is 6.13. The van der Waals surface area contributed by atoms with Crippen LogP contribution < -0.4 is 4.90 Å². The Morgan fingerprint density at radius 1 is 1.28 bits per heavy atom. The normalized spacial score (nSPS) is 16.2. The largest absolute Gasteiger partial charge is 0.378 e. The quantitative estimate of drug-likeness (QED) is 0.848. The van der Waals surface area contributed by atoms with Crippen LogP contribution in [0.1, 0.15) is 10.6 Å². The van der Waals surface area contributed by atoms with E-state index in [2.05, 4.69) is 21.6 Å². The van der Waals surface area contributed by atoms with Gasteiger partial charge in [-0.25, -0.2) is 4.98 Å². The molecule has 1 fully saturated rings. The Kier molecular flexibility index (Phi) is 3.32. The molecule has 0 N–H and O–H groups in total. The molecule has 0 atom stereocenters. The zero-order valence-corrected chi connectivity index (χ0v) is 12.1. The first-order chi connectivity index (χ1) is 8.75. The number of hydrogen-bond donors (Lipinski definition) is 0. The van der Waals surface area contributed by atoms with Crippen LogP contribution in [-0.2, 0) is 4.74 Å². The number of ether oxygens (including phenoxy) is 1. The number of thiazole rings is 1. The van der Waals surface area contributed by atoms with E-state index in [1.54, 1.807) is 22.9 Å². The van der Waals surface area contributed by atoms with Crippen molar-refractivity contribution < 1.29 is 4.74 Å². The van der Waals surface area contributed by atoms with Crippen molar-refractivity contribution in [1.29, 1.82) is 0 Å². The summed E-state index contributed by atoms with van der Waals surface area (Å²) in [4.78, 5) is 8.29. The average molecular weight is 281 g/mol. The Morgan fingerprint density at radius 3 is 2.72 bits per heavy atom. The summed E-state index contributed by atoms with van der Waals surface area (Å²) in [5.41, 5.74) is 3.34. The summed E-state index contributed by atoms with van der Waals surface area (Å²) >= 11 is 3.26. The molecule has 1 aliphatic heterocycles. The summed E-state index contributed by atoms with van der Waals surface area (Å²) in [7, 11) is 0. The van der Waals surface area contributed by atoms with Crippen molar-refractivity contribution in [3.05, 3.63) is 16.0 Å². The van der Waals surface area contributed by atoms with Gasteiger partial charge in [-0.2, -0.15) is 4.37 Å². The molecule has 4 nitrogen and oxygen atoms in total. The van der Waals surface area contributed by atoms with Crippen LogP contribution in [0.4, 0.5) is 5.13 Å². The summed E-state index contributed by atoms with van der Waals surface area (Å²) in [6.07, 6.45) is 0. The van der Waals surface area contributed by atoms with E-state index in [9.17, 15) is 0 Å². The molecule has 2 aromatic heterocycles. The summed E-state index contributed by atoms with van der Waals surface area (Å²) in [5, 5.41) is 3.23. The maximum absolute atomic E-state index is 5.37. The number of rotatable bonds is 2. The van der Waals surface area contributed by atoms with Gasteiger partial charge in [0.05, 0.1) is 24.6 Å². The van der Waals surface area contributed by atoms with Crippen molar-refractivity contribution in [3.8, 4) is 11.3 Å². The molecule has 96 valence electrons. The molecule has 3 heterocycles. The third kappa shape index (κ3) is 2.15. The lowest BCUT2D eigenvalue weighted by atomic mass is 10.2. The molecule has 0 saturated carbocycles. The van der Waals surface area contributed by atoms with Crippen LogP contribution in [0.5, 0.6) is 0 Å². The first-order valence-electron chi connectivity index (χ1n) is 5.97. The van der Waals surface area contributed by atoms with E-state index in [1.807, 2.05) is 6.92 Å². The topological polar surface area (TPSA) is 38.2 Å². The molecule has 6 heteroatoms. The van der Waals surface area contributed by atoms with Gasteiger partial charge >= 0.3 is 0 Å². The third-order valence-corrected chi connectivity index (χ3v) is 4.81. The molecule has 1 aliphatic rings. The van der Waals surface area contributed by atoms with Crippen molar-refractivity contribution in [3.63, 3.8) is 0 Å². The number of nitrogens with zero attached hydrogens (tertiary/aromatic N) is 3. The van der Waals surface area contributed by atoms with Crippen LogP contribution in [0.25, 0.3) is 11.3 Å². The number of aryl methyl sites for hydroxylation is 2. The van der Waals surface area contributed by atoms with E-state index in [0.717, 1.165) is 42.8 Å². The van der Waals surface area contributed by atoms with E-state index < -0.39 is 0 Å². The zero-order chi connectivity index (χ0) is 12.5. The monoisotopic (exact) mass is 281 g/mol. The lowest BCUT2D eigenvalue weighted by molar-refractivity contribution is 0.122. The maximum atomic E-state index is 5.37. The van der Waals surface area contributed by atoms with E-state index in [1.165, 1.54) is 10.4 Å². The fourth-order valence-electron chi connectivity index (χ4n) is 2.13. The number of aromatic nitrogens is 2. The highest BCUT2D eigenvalue weighted by Crippen LogP contribution is 2.33. The molecule has 0 aliphatic carbocycles. The lowest BCUT2D eigenvalue weighted by Gasteiger charge is -2.26. The van der Waals surface area contributed by atoms with Crippen molar-refractivity contribution in [2.45, 2.75) is 13.8 Å². The van der Waals surface area contributed by atoms with Crippen molar-refractivity contribution in [2.24, 2.45) is 0 Å². The Balaban J connectivity index is 1.89. The number of anilines is 1. The summed E-state index contributed by atoms with van der Waals surface area (Å²) in [5.74, 6) is 0. The predicted molar refractivity (Wildman–Crippen MR) is 75.7 cm³/mol. The lowest BCUT2D eigenvalue weighted by Crippen LogP contribution is -2.36. The molecule has 0 aromatic carbocycles. The standard InChI is InChI=1S/C12H15N3OS2/c1-8-11(9(2)18-14-8)10-7-17-12(13-10)15-3-5-16-6-4-15/h7H,3-6H2,1-2H3. The molecule has 0 amide bonds. The molecule has 0 bridgehead atoms. The Hall–Kier alpha value is -0.980. The highest BCUT2D eigenvalue weighted by Gasteiger charge is 2.17. The fraction of sp³-hybridized carbons (Fsp3) is 0.500. The molecular formula is C12H15N3OS2. The smallest absolute Gasteiger partial charge is 0.186 e. The SMILES string of the molecule is Cc1nsc(C)c1-c1csc(N2CCOCC2)n1. The van der Waals surface area contributed by atoms with Crippen LogP contribution >= 0.6 is 22.9 Å². The average Bonchev–Trinajstić information content (AvgIpc) is 2.98. The van der Waals surface area contributed by atoms with E-state index in [4.69, 9.17) is 9.72 Å². The highest BCUT2D eigenvalue weighted by atomic mass is 32.1. The fourth-order valence-corrected chi connectivity index (χ4v) is 3.71. The van der Waals surface area contributed by atoms with Gasteiger partial charge in [-0.3, -0.25) is 0 Å². The third-order valence-electron chi connectivity index (χ3n) is 3.06. The van der Waals surface area contributed by atoms with Crippen molar-refractivity contribution in [2.75, 3.05) is 31.2 Å². The molecule has 18 heavy (non-hydrogen) atoms. The van der Waals surface area contributed by atoms with Crippen LogP contribution in [-0.4, -0.2) is 35.7 Å². The van der Waals surface area contributed by atoms with Crippen LogP contribution in [0, 0.1) is 13.8 Å². The van der Waals surface area contributed by atoms with Gasteiger partial charge in [-0.1, -0.05) is 0 Å². The van der Waals surface area contributed by atoms with Gasteiger partial charge in [0.25, 0.3) is 0 Å². The minimum atomic E-state index is 0.799. The number of morpholine rings is 1. The van der Waals surface area contributed by atoms with Crippen LogP contribution in [0.15, 0.2) is 5.38 Å². The zero-order valence-electron chi connectivity index (χ0n) is 10.5. The Bertz CT molecular complexity index is 524. The second-order valence-electron chi connectivity index (χ2n) is 4.31. The van der Waals surface area contributed by atoms with E-state index in [-0.39, 0.29) is 0 Å². The van der Waals surface area contributed by atoms with Crippen molar-refractivity contribution >= 4 is 28.0 Å². The summed E-state index contributed by atoms with van der Waals surface area (Å²) in [6.45, 7) is 7.62.